The van der Waals surface area contributed by atoms with Crippen molar-refractivity contribution in [2.24, 2.45) is 0 Å². The van der Waals surface area contributed by atoms with Crippen LogP contribution in [0.25, 0.3) is 0 Å². The Balaban J connectivity index is 1.55. The number of carbonyl (C=O) groups is 1. The second-order valence-corrected chi connectivity index (χ2v) is 8.08. The van der Waals surface area contributed by atoms with Crippen molar-refractivity contribution in [2.45, 2.75) is 6.54 Å². The van der Waals surface area contributed by atoms with Gasteiger partial charge in [-0.15, -0.1) is 11.3 Å². The van der Waals surface area contributed by atoms with E-state index in [1.54, 1.807) is 29.7 Å². The zero-order valence-corrected chi connectivity index (χ0v) is 15.0. The predicted molar refractivity (Wildman–Crippen MR) is 92.4 cm³/mol. The second-order valence-electron chi connectivity index (χ2n) is 5.14. The van der Waals surface area contributed by atoms with E-state index in [4.69, 9.17) is 11.6 Å². The Bertz CT molecular complexity index is 653. The second kappa shape index (κ2) is 7.08. The van der Waals surface area contributed by atoms with E-state index in [0.717, 1.165) is 36.5 Å². The Labute approximate surface area is 146 Å². The third-order valence-corrected chi connectivity index (χ3v) is 5.47. The molecule has 116 valence electrons. The molecule has 1 fully saturated rings. The Morgan fingerprint density at radius 2 is 2.00 bits per heavy atom. The molecule has 0 N–H and O–H groups in total. The minimum absolute atomic E-state index is 0.0303. The molecule has 0 unspecified atom stereocenters. The van der Waals surface area contributed by atoms with Gasteiger partial charge in [-0.3, -0.25) is 9.69 Å². The molecule has 22 heavy (non-hydrogen) atoms. The van der Waals surface area contributed by atoms with Gasteiger partial charge in [0.2, 0.25) is 0 Å². The van der Waals surface area contributed by atoms with E-state index in [1.807, 2.05) is 4.90 Å². The Morgan fingerprint density at radius 1 is 1.23 bits per heavy atom. The maximum atomic E-state index is 12.4. The normalized spacial score (nSPS) is 16.0. The van der Waals surface area contributed by atoms with Crippen molar-refractivity contribution in [3.05, 3.63) is 49.8 Å². The summed E-state index contributed by atoms with van der Waals surface area (Å²) in [5.74, 6) is 0.0303. The fourth-order valence-electron chi connectivity index (χ4n) is 2.45. The van der Waals surface area contributed by atoms with Gasteiger partial charge >= 0.3 is 0 Å². The van der Waals surface area contributed by atoms with Crippen molar-refractivity contribution in [3.63, 3.8) is 0 Å². The van der Waals surface area contributed by atoms with Gasteiger partial charge < -0.3 is 4.90 Å². The van der Waals surface area contributed by atoms with Crippen molar-refractivity contribution in [1.82, 2.24) is 14.8 Å². The summed E-state index contributed by atoms with van der Waals surface area (Å²) in [6.07, 6.45) is 1.54. The van der Waals surface area contributed by atoms with Crippen LogP contribution < -0.4 is 0 Å². The van der Waals surface area contributed by atoms with Gasteiger partial charge in [-0.2, -0.15) is 0 Å². The van der Waals surface area contributed by atoms with Gasteiger partial charge in [0.25, 0.3) is 5.91 Å². The zero-order chi connectivity index (χ0) is 15.5. The quantitative estimate of drug-likeness (QED) is 0.740. The molecule has 0 aliphatic carbocycles. The van der Waals surface area contributed by atoms with Crippen molar-refractivity contribution in [3.8, 4) is 0 Å². The molecule has 0 aromatic carbocycles. The van der Waals surface area contributed by atoms with Crippen LogP contribution in [-0.4, -0.2) is 46.9 Å². The van der Waals surface area contributed by atoms with E-state index < -0.39 is 0 Å². The van der Waals surface area contributed by atoms with Gasteiger partial charge in [0.15, 0.2) is 0 Å². The maximum absolute atomic E-state index is 12.4. The lowest BCUT2D eigenvalue weighted by Gasteiger charge is -2.34. The first-order chi connectivity index (χ1) is 10.6. The number of carbonyl (C=O) groups excluding carboxylic acids is 1. The highest BCUT2D eigenvalue weighted by molar-refractivity contribution is 9.11. The minimum Gasteiger partial charge on any atom is -0.336 e. The molecule has 1 aliphatic heterocycles. The third-order valence-electron chi connectivity index (χ3n) is 3.64. The molecule has 3 heterocycles. The first-order valence-electron chi connectivity index (χ1n) is 6.99. The third kappa shape index (κ3) is 3.87. The van der Waals surface area contributed by atoms with Crippen molar-refractivity contribution < 1.29 is 4.79 Å². The smallest absolute Gasteiger partial charge is 0.255 e. The number of amides is 1. The lowest BCUT2D eigenvalue weighted by molar-refractivity contribution is 0.0629. The van der Waals surface area contributed by atoms with Crippen LogP contribution in [-0.2, 0) is 6.54 Å². The molecular weight excluding hydrogens is 386 g/mol. The number of hydrogen-bond acceptors (Lipinski definition) is 4. The standard InChI is InChI=1S/C15H15BrClN3OS/c16-13-3-2-12(22-13)10-19-5-7-20(8-6-19)15(21)11-1-4-14(17)18-9-11/h1-4,9H,5-8,10H2. The number of halogens is 2. The van der Waals surface area contributed by atoms with Crippen LogP contribution in [0, 0.1) is 0 Å². The highest BCUT2D eigenvalue weighted by Crippen LogP contribution is 2.23. The largest absolute Gasteiger partial charge is 0.336 e. The molecule has 0 saturated carbocycles. The highest BCUT2D eigenvalue weighted by Gasteiger charge is 2.22. The molecule has 0 radical (unpaired) electrons. The van der Waals surface area contributed by atoms with Crippen molar-refractivity contribution in [2.75, 3.05) is 26.2 Å². The summed E-state index contributed by atoms with van der Waals surface area (Å²) in [7, 11) is 0. The molecular formula is C15H15BrClN3OS. The summed E-state index contributed by atoms with van der Waals surface area (Å²) in [6.45, 7) is 4.22. The number of nitrogens with zero attached hydrogens (tertiary/aromatic N) is 3. The fraction of sp³-hybridized carbons (Fsp3) is 0.333. The van der Waals surface area contributed by atoms with Crippen LogP contribution in [0.4, 0.5) is 0 Å². The Morgan fingerprint density at radius 3 is 2.59 bits per heavy atom. The average molecular weight is 401 g/mol. The van der Waals surface area contributed by atoms with E-state index in [1.165, 1.54) is 4.88 Å². The molecule has 0 spiro atoms. The molecule has 1 amide bonds. The summed E-state index contributed by atoms with van der Waals surface area (Å²) in [6, 6.07) is 7.60. The van der Waals surface area contributed by atoms with Crippen molar-refractivity contribution in [1.29, 1.82) is 0 Å². The predicted octanol–water partition coefficient (Wildman–Crippen LogP) is 3.52. The molecule has 4 nitrogen and oxygen atoms in total. The van der Waals surface area contributed by atoms with E-state index in [-0.39, 0.29) is 5.91 Å². The first-order valence-corrected chi connectivity index (χ1v) is 8.98. The topological polar surface area (TPSA) is 36.4 Å². The van der Waals surface area contributed by atoms with Gasteiger partial charge in [-0.05, 0) is 40.2 Å². The number of thiophene rings is 1. The molecule has 7 heteroatoms. The van der Waals surface area contributed by atoms with Crippen LogP contribution in [0.5, 0.6) is 0 Å². The number of rotatable bonds is 3. The molecule has 1 saturated heterocycles. The highest BCUT2D eigenvalue weighted by atomic mass is 79.9. The number of pyridine rings is 1. The van der Waals surface area contributed by atoms with Crippen molar-refractivity contribution >= 4 is 44.8 Å². The number of hydrogen-bond donors (Lipinski definition) is 0. The van der Waals surface area contributed by atoms with Crippen LogP contribution in [0.3, 0.4) is 0 Å². The van der Waals surface area contributed by atoms with Gasteiger partial charge in [0.1, 0.15) is 5.15 Å². The summed E-state index contributed by atoms with van der Waals surface area (Å²) in [5, 5.41) is 0.406. The number of aromatic nitrogens is 1. The van der Waals surface area contributed by atoms with E-state index >= 15 is 0 Å². The van der Waals surface area contributed by atoms with Gasteiger partial charge in [-0.1, -0.05) is 11.6 Å². The van der Waals surface area contributed by atoms with Crippen LogP contribution in [0.15, 0.2) is 34.2 Å². The monoisotopic (exact) mass is 399 g/mol. The lowest BCUT2D eigenvalue weighted by atomic mass is 10.2. The Kier molecular flexibility index (Phi) is 5.13. The first kappa shape index (κ1) is 15.9. The molecule has 2 aromatic heterocycles. The Hall–Kier alpha value is -0.950. The molecule has 0 atom stereocenters. The SMILES string of the molecule is O=C(c1ccc(Cl)nc1)N1CCN(Cc2ccc(Br)s2)CC1. The maximum Gasteiger partial charge on any atom is 0.255 e. The molecule has 0 bridgehead atoms. The molecule has 3 rings (SSSR count). The van der Waals surface area contributed by atoms with E-state index in [2.05, 4.69) is 37.9 Å². The van der Waals surface area contributed by atoms with E-state index in [0.29, 0.717) is 10.7 Å². The average Bonchev–Trinajstić information content (AvgIpc) is 2.93. The van der Waals surface area contributed by atoms with E-state index in [9.17, 15) is 4.79 Å². The van der Waals surface area contributed by atoms with Gasteiger partial charge in [-0.25, -0.2) is 4.98 Å². The molecule has 2 aromatic rings. The minimum atomic E-state index is 0.0303. The summed E-state index contributed by atoms with van der Waals surface area (Å²) in [5.41, 5.74) is 0.597. The van der Waals surface area contributed by atoms with Gasteiger partial charge in [0, 0.05) is 43.8 Å². The van der Waals surface area contributed by atoms with Crippen LogP contribution in [0.2, 0.25) is 5.15 Å². The molecule has 1 aliphatic rings. The van der Waals surface area contributed by atoms with Crippen LogP contribution >= 0.6 is 38.9 Å². The van der Waals surface area contributed by atoms with Gasteiger partial charge in [0.05, 0.1) is 9.35 Å². The summed E-state index contributed by atoms with van der Waals surface area (Å²) < 4.78 is 1.16. The zero-order valence-electron chi connectivity index (χ0n) is 11.8. The summed E-state index contributed by atoms with van der Waals surface area (Å²) >= 11 is 11.0. The van der Waals surface area contributed by atoms with Crippen LogP contribution in [0.1, 0.15) is 15.2 Å². The summed E-state index contributed by atoms with van der Waals surface area (Å²) in [4.78, 5) is 22.0. The fourth-order valence-corrected chi connectivity index (χ4v) is 4.09. The number of piperazine rings is 1. The lowest BCUT2D eigenvalue weighted by Crippen LogP contribution is -2.48.